The van der Waals surface area contributed by atoms with Crippen molar-refractivity contribution in [2.45, 2.75) is 19.8 Å². The quantitative estimate of drug-likeness (QED) is 0.627. The Kier molecular flexibility index (Phi) is 2.75. The minimum atomic E-state index is -0.288. The minimum Gasteiger partial charge on any atom is -0.469 e. The number of carbonyl (C=O) groups excluding carboxylic acids is 1. The number of carbonyl (C=O) groups is 1. The molecule has 2 N–H and O–H groups in total. The van der Waals surface area contributed by atoms with Crippen LogP contribution in [0.1, 0.15) is 24.0 Å². The maximum atomic E-state index is 11.5. The first-order valence-electron chi connectivity index (χ1n) is 5.35. The van der Waals surface area contributed by atoms with Crippen LogP contribution in [-0.4, -0.2) is 23.0 Å². The molecule has 0 amide bonds. The molecule has 1 atom stereocenters. The van der Waals surface area contributed by atoms with E-state index in [0.29, 0.717) is 0 Å². The van der Waals surface area contributed by atoms with Crippen molar-refractivity contribution in [2.75, 3.05) is 13.0 Å². The first-order valence-corrected chi connectivity index (χ1v) is 5.35. The lowest BCUT2D eigenvalue weighted by molar-refractivity contribution is -0.141. The summed E-state index contributed by atoms with van der Waals surface area (Å²) < 4.78 is 4.74. The number of hydrogen-bond acceptors (Lipinski definition) is 4. The summed E-state index contributed by atoms with van der Waals surface area (Å²) in [4.78, 5) is 12.8. The lowest BCUT2D eigenvalue weighted by atomic mass is 9.97. The highest BCUT2D eigenvalue weighted by atomic mass is 16.5. The minimum absolute atomic E-state index is 0.246. The molecule has 5 nitrogen and oxygen atoms in total. The number of aromatic nitrogens is 2. The van der Waals surface area contributed by atoms with E-state index in [1.54, 1.807) is 6.20 Å². The summed E-state index contributed by atoms with van der Waals surface area (Å²) in [6.45, 7) is 3.76. The number of nitrogen functional groups attached to an aromatic ring is 1. The molecule has 0 aliphatic carbocycles. The third kappa shape index (κ3) is 1.84. The van der Waals surface area contributed by atoms with Crippen molar-refractivity contribution in [2.24, 2.45) is 0 Å². The summed E-state index contributed by atoms with van der Waals surface area (Å²) >= 11 is 0. The van der Waals surface area contributed by atoms with Gasteiger partial charge < -0.3 is 10.6 Å². The Balaban J connectivity index is 2.54. The second-order valence-electron chi connectivity index (χ2n) is 4.11. The Labute approximate surface area is 99.1 Å². The van der Waals surface area contributed by atoms with Crippen molar-refractivity contribution >= 4 is 16.9 Å². The van der Waals surface area contributed by atoms with Crippen LogP contribution in [0.5, 0.6) is 0 Å². The molecule has 0 spiro atoms. The first-order chi connectivity index (χ1) is 8.04. The lowest BCUT2D eigenvalue weighted by Crippen LogP contribution is -2.12. The summed E-state index contributed by atoms with van der Waals surface area (Å²) in [6.07, 6.45) is 1.69. The molecule has 0 saturated heterocycles. The fourth-order valence-corrected chi connectivity index (χ4v) is 1.99. The Bertz CT molecular complexity index is 574. The molecule has 1 heterocycles. The van der Waals surface area contributed by atoms with Crippen LogP contribution in [0.2, 0.25) is 0 Å². The van der Waals surface area contributed by atoms with Gasteiger partial charge in [0.05, 0.1) is 24.7 Å². The molecule has 2 rings (SSSR count). The van der Waals surface area contributed by atoms with Crippen LogP contribution in [0, 0.1) is 6.92 Å². The Morgan fingerprint density at radius 3 is 2.88 bits per heavy atom. The SMILES string of the molecule is COC(=O)[C@H](C)c1cc(C)c2c(cnn2N)c1. The molecule has 17 heavy (non-hydrogen) atoms. The average Bonchev–Trinajstić information content (AvgIpc) is 2.69. The molecule has 0 aliphatic heterocycles. The van der Waals surface area contributed by atoms with Crippen LogP contribution in [0.4, 0.5) is 0 Å². The average molecular weight is 233 g/mol. The van der Waals surface area contributed by atoms with Crippen LogP contribution in [0.3, 0.4) is 0 Å². The van der Waals surface area contributed by atoms with Crippen LogP contribution in [-0.2, 0) is 9.53 Å². The third-order valence-electron chi connectivity index (χ3n) is 2.96. The van der Waals surface area contributed by atoms with Gasteiger partial charge in [-0.1, -0.05) is 6.07 Å². The van der Waals surface area contributed by atoms with E-state index in [1.165, 1.54) is 11.9 Å². The highest BCUT2D eigenvalue weighted by Gasteiger charge is 2.17. The van der Waals surface area contributed by atoms with Crippen molar-refractivity contribution in [3.63, 3.8) is 0 Å². The molecule has 1 aromatic heterocycles. The van der Waals surface area contributed by atoms with Gasteiger partial charge in [-0.3, -0.25) is 4.79 Å². The largest absolute Gasteiger partial charge is 0.469 e. The van der Waals surface area contributed by atoms with Gasteiger partial charge in [-0.05, 0) is 31.0 Å². The van der Waals surface area contributed by atoms with Gasteiger partial charge in [0.25, 0.3) is 0 Å². The highest BCUT2D eigenvalue weighted by molar-refractivity contribution is 5.85. The van der Waals surface area contributed by atoms with Gasteiger partial charge in [0.15, 0.2) is 0 Å². The second-order valence-corrected chi connectivity index (χ2v) is 4.11. The van der Waals surface area contributed by atoms with E-state index >= 15 is 0 Å². The number of esters is 1. The van der Waals surface area contributed by atoms with E-state index in [2.05, 4.69) is 5.10 Å². The topological polar surface area (TPSA) is 70.1 Å². The number of nitrogens with two attached hydrogens (primary N) is 1. The van der Waals surface area contributed by atoms with Gasteiger partial charge in [0.2, 0.25) is 0 Å². The number of fused-ring (bicyclic) bond motifs is 1. The number of rotatable bonds is 2. The predicted molar refractivity (Wildman–Crippen MR) is 65.1 cm³/mol. The molecule has 0 unspecified atom stereocenters. The zero-order chi connectivity index (χ0) is 12.6. The Morgan fingerprint density at radius 2 is 2.24 bits per heavy atom. The predicted octanol–water partition coefficient (Wildman–Crippen LogP) is 1.34. The molecule has 0 fully saturated rings. The van der Waals surface area contributed by atoms with Crippen molar-refractivity contribution in [3.8, 4) is 0 Å². The zero-order valence-corrected chi connectivity index (χ0v) is 10.1. The van der Waals surface area contributed by atoms with E-state index in [0.717, 1.165) is 22.0 Å². The molecule has 5 heteroatoms. The Morgan fingerprint density at radius 1 is 1.53 bits per heavy atom. The fraction of sp³-hybridized carbons (Fsp3) is 0.333. The second kappa shape index (κ2) is 4.08. The van der Waals surface area contributed by atoms with Crippen LogP contribution >= 0.6 is 0 Å². The number of benzene rings is 1. The monoisotopic (exact) mass is 233 g/mol. The molecular formula is C12H15N3O2. The van der Waals surface area contributed by atoms with Gasteiger partial charge in [-0.15, -0.1) is 0 Å². The molecule has 0 bridgehead atoms. The molecular weight excluding hydrogens is 218 g/mol. The molecule has 0 radical (unpaired) electrons. The summed E-state index contributed by atoms with van der Waals surface area (Å²) in [5, 5.41) is 4.93. The number of nitrogens with zero attached hydrogens (tertiary/aromatic N) is 2. The maximum Gasteiger partial charge on any atom is 0.312 e. The van der Waals surface area contributed by atoms with E-state index in [4.69, 9.17) is 10.6 Å². The number of ether oxygens (including phenoxy) is 1. The molecule has 1 aromatic carbocycles. The van der Waals surface area contributed by atoms with Crippen LogP contribution in [0.15, 0.2) is 18.3 Å². The molecule has 0 saturated carbocycles. The van der Waals surface area contributed by atoms with Crippen LogP contribution < -0.4 is 5.84 Å². The number of methoxy groups -OCH3 is 1. The highest BCUT2D eigenvalue weighted by Crippen LogP contribution is 2.24. The molecule has 90 valence electrons. The fourth-order valence-electron chi connectivity index (χ4n) is 1.99. The van der Waals surface area contributed by atoms with Crippen LogP contribution in [0.25, 0.3) is 10.9 Å². The van der Waals surface area contributed by atoms with Crippen molar-refractivity contribution < 1.29 is 9.53 Å². The van der Waals surface area contributed by atoms with Crippen molar-refractivity contribution in [1.29, 1.82) is 0 Å². The summed E-state index contributed by atoms with van der Waals surface area (Å²) in [6, 6.07) is 3.86. The lowest BCUT2D eigenvalue weighted by Gasteiger charge is -2.11. The van der Waals surface area contributed by atoms with E-state index < -0.39 is 0 Å². The molecule has 2 aromatic rings. The van der Waals surface area contributed by atoms with Gasteiger partial charge in [0.1, 0.15) is 0 Å². The number of hydrogen-bond donors (Lipinski definition) is 1. The van der Waals surface area contributed by atoms with Crippen molar-refractivity contribution in [3.05, 3.63) is 29.5 Å². The summed E-state index contributed by atoms with van der Waals surface area (Å²) in [7, 11) is 1.39. The zero-order valence-electron chi connectivity index (χ0n) is 10.1. The van der Waals surface area contributed by atoms with Crippen molar-refractivity contribution in [1.82, 2.24) is 9.89 Å². The van der Waals surface area contributed by atoms with E-state index in [9.17, 15) is 4.79 Å². The van der Waals surface area contributed by atoms with Gasteiger partial charge in [0, 0.05) is 5.39 Å². The summed E-state index contributed by atoms with van der Waals surface area (Å²) in [5.74, 6) is 5.17. The van der Waals surface area contributed by atoms with E-state index in [1.807, 2.05) is 26.0 Å². The normalized spacial score (nSPS) is 12.6. The van der Waals surface area contributed by atoms with Gasteiger partial charge >= 0.3 is 5.97 Å². The maximum absolute atomic E-state index is 11.5. The smallest absolute Gasteiger partial charge is 0.312 e. The molecule has 0 aliphatic rings. The first kappa shape index (κ1) is 11.4. The number of aryl methyl sites for hydroxylation is 1. The third-order valence-corrected chi connectivity index (χ3v) is 2.96. The van der Waals surface area contributed by atoms with Gasteiger partial charge in [-0.2, -0.15) is 9.89 Å². The summed E-state index contributed by atoms with van der Waals surface area (Å²) in [5.41, 5.74) is 2.79. The standard InChI is InChI=1S/C12H15N3O2/c1-7-4-9(8(2)12(16)17-3)5-10-6-14-15(13)11(7)10/h4-6,8H,13H2,1-3H3/t8-/m1/s1. The van der Waals surface area contributed by atoms with Gasteiger partial charge in [-0.25, -0.2) is 0 Å². The van der Waals surface area contributed by atoms with E-state index in [-0.39, 0.29) is 11.9 Å². The Hall–Kier alpha value is -2.04.